The minimum absolute atomic E-state index is 0.0622. The number of carbonyl (C=O) groups excluding carboxylic acids is 1. The molecule has 0 saturated heterocycles. The molecular formula is C17H21N3O. The van der Waals surface area contributed by atoms with Gasteiger partial charge in [0.2, 0.25) is 0 Å². The molecule has 0 unspecified atom stereocenters. The van der Waals surface area contributed by atoms with Gasteiger partial charge in [0.05, 0.1) is 0 Å². The van der Waals surface area contributed by atoms with Gasteiger partial charge in [0.15, 0.2) is 0 Å². The normalized spacial score (nSPS) is 10.4. The highest BCUT2D eigenvalue weighted by Gasteiger charge is 2.07. The molecule has 110 valence electrons. The molecule has 0 spiro atoms. The second-order valence-electron chi connectivity index (χ2n) is 5.26. The summed E-state index contributed by atoms with van der Waals surface area (Å²) in [6.45, 7) is 4.51. The first-order valence-corrected chi connectivity index (χ1v) is 7.04. The second-order valence-corrected chi connectivity index (χ2v) is 5.26. The number of hydrogen-bond donors (Lipinski definition) is 3. The number of nitrogens with one attached hydrogen (secondary N) is 2. The lowest BCUT2D eigenvalue weighted by Crippen LogP contribution is -2.30. The maximum absolute atomic E-state index is 12.0. The predicted octanol–water partition coefficient (Wildman–Crippen LogP) is 3.02. The van der Waals surface area contributed by atoms with Gasteiger partial charge in [0.1, 0.15) is 0 Å². The van der Waals surface area contributed by atoms with E-state index in [-0.39, 0.29) is 11.9 Å². The van der Waals surface area contributed by atoms with Crippen LogP contribution in [0.15, 0.2) is 48.5 Å². The number of anilines is 2. The molecule has 0 fully saturated rings. The third kappa shape index (κ3) is 4.24. The summed E-state index contributed by atoms with van der Waals surface area (Å²) in [5.74, 6) is -0.0622. The van der Waals surface area contributed by atoms with Crippen LogP contribution in [0.25, 0.3) is 0 Å². The van der Waals surface area contributed by atoms with E-state index in [4.69, 9.17) is 5.73 Å². The molecule has 0 heterocycles. The Morgan fingerprint density at radius 2 is 1.90 bits per heavy atom. The number of benzene rings is 2. The Morgan fingerprint density at radius 3 is 2.62 bits per heavy atom. The summed E-state index contributed by atoms with van der Waals surface area (Å²) in [6, 6.07) is 15.3. The zero-order chi connectivity index (χ0) is 15.2. The number of hydrogen-bond acceptors (Lipinski definition) is 3. The highest BCUT2D eigenvalue weighted by Crippen LogP contribution is 2.15. The Morgan fingerprint density at radius 1 is 1.14 bits per heavy atom. The molecule has 0 atom stereocenters. The van der Waals surface area contributed by atoms with Crippen molar-refractivity contribution in [2.24, 2.45) is 0 Å². The number of rotatable bonds is 5. The van der Waals surface area contributed by atoms with E-state index in [1.54, 1.807) is 6.07 Å². The van der Waals surface area contributed by atoms with E-state index < -0.39 is 0 Å². The van der Waals surface area contributed by atoms with E-state index in [0.717, 1.165) is 16.9 Å². The van der Waals surface area contributed by atoms with Gasteiger partial charge in [-0.15, -0.1) is 0 Å². The first-order valence-electron chi connectivity index (χ1n) is 7.04. The molecule has 0 aliphatic heterocycles. The van der Waals surface area contributed by atoms with Gasteiger partial charge < -0.3 is 16.4 Å². The quantitative estimate of drug-likeness (QED) is 0.739. The van der Waals surface area contributed by atoms with E-state index in [1.165, 1.54) is 0 Å². The largest absolute Gasteiger partial charge is 0.398 e. The molecule has 4 N–H and O–H groups in total. The topological polar surface area (TPSA) is 67.2 Å². The zero-order valence-electron chi connectivity index (χ0n) is 12.4. The van der Waals surface area contributed by atoms with Crippen molar-refractivity contribution in [2.45, 2.75) is 26.4 Å². The fraction of sp³-hybridized carbons (Fsp3) is 0.235. The summed E-state index contributed by atoms with van der Waals surface area (Å²) in [7, 11) is 0. The summed E-state index contributed by atoms with van der Waals surface area (Å²) < 4.78 is 0. The van der Waals surface area contributed by atoms with Gasteiger partial charge in [-0.2, -0.15) is 0 Å². The highest BCUT2D eigenvalue weighted by molar-refractivity contribution is 5.95. The van der Waals surface area contributed by atoms with Crippen molar-refractivity contribution in [2.75, 3.05) is 11.1 Å². The standard InChI is InChI=1S/C17H21N3O/c1-12(2)20-17(21)13-7-5-8-15(10-13)19-11-14-6-3-4-9-16(14)18/h3-10,12,19H,11,18H2,1-2H3,(H,20,21). The summed E-state index contributed by atoms with van der Waals surface area (Å²) >= 11 is 0. The minimum Gasteiger partial charge on any atom is -0.398 e. The lowest BCUT2D eigenvalue weighted by atomic mass is 10.1. The Labute approximate surface area is 125 Å². The molecule has 2 aromatic carbocycles. The van der Waals surface area contributed by atoms with Crippen molar-refractivity contribution in [3.8, 4) is 0 Å². The van der Waals surface area contributed by atoms with Crippen molar-refractivity contribution in [1.82, 2.24) is 5.32 Å². The third-order valence-corrected chi connectivity index (χ3v) is 3.08. The average Bonchev–Trinajstić information content (AvgIpc) is 2.46. The number of nitrogens with two attached hydrogens (primary N) is 1. The predicted molar refractivity (Wildman–Crippen MR) is 87.2 cm³/mol. The van der Waals surface area contributed by atoms with E-state index in [9.17, 15) is 4.79 Å². The van der Waals surface area contributed by atoms with Crippen LogP contribution in [0.5, 0.6) is 0 Å². The summed E-state index contributed by atoms with van der Waals surface area (Å²) in [5.41, 5.74) is 9.26. The number of para-hydroxylation sites is 1. The third-order valence-electron chi connectivity index (χ3n) is 3.08. The first kappa shape index (κ1) is 14.9. The van der Waals surface area contributed by atoms with Crippen LogP contribution >= 0.6 is 0 Å². The molecular weight excluding hydrogens is 262 g/mol. The Kier molecular flexibility index (Phi) is 4.82. The molecule has 0 bridgehead atoms. The molecule has 4 nitrogen and oxygen atoms in total. The molecule has 0 aromatic heterocycles. The Balaban J connectivity index is 2.04. The number of amides is 1. The summed E-state index contributed by atoms with van der Waals surface area (Å²) in [5, 5.41) is 6.17. The summed E-state index contributed by atoms with van der Waals surface area (Å²) in [4.78, 5) is 12.0. The summed E-state index contributed by atoms with van der Waals surface area (Å²) in [6.07, 6.45) is 0. The van der Waals surface area contributed by atoms with Crippen molar-refractivity contribution in [3.63, 3.8) is 0 Å². The van der Waals surface area contributed by atoms with E-state index >= 15 is 0 Å². The van der Waals surface area contributed by atoms with Crippen LogP contribution in [0.3, 0.4) is 0 Å². The van der Waals surface area contributed by atoms with Crippen LogP contribution < -0.4 is 16.4 Å². The lowest BCUT2D eigenvalue weighted by molar-refractivity contribution is 0.0943. The Hall–Kier alpha value is -2.49. The molecule has 0 aliphatic carbocycles. The molecule has 21 heavy (non-hydrogen) atoms. The fourth-order valence-corrected chi connectivity index (χ4v) is 2.01. The van der Waals surface area contributed by atoms with Gasteiger partial charge in [-0.25, -0.2) is 0 Å². The van der Waals surface area contributed by atoms with E-state index in [1.807, 2.05) is 56.3 Å². The molecule has 0 radical (unpaired) electrons. The van der Waals surface area contributed by atoms with Gasteiger partial charge >= 0.3 is 0 Å². The molecule has 1 amide bonds. The Bertz CT molecular complexity index is 623. The molecule has 2 rings (SSSR count). The van der Waals surface area contributed by atoms with Crippen molar-refractivity contribution in [1.29, 1.82) is 0 Å². The van der Waals surface area contributed by atoms with Crippen LogP contribution in [-0.2, 0) is 6.54 Å². The molecule has 2 aromatic rings. The molecule has 0 aliphatic rings. The van der Waals surface area contributed by atoms with Crippen LogP contribution in [0.2, 0.25) is 0 Å². The lowest BCUT2D eigenvalue weighted by Gasteiger charge is -2.11. The van der Waals surface area contributed by atoms with Gasteiger partial charge in [0, 0.05) is 29.5 Å². The minimum atomic E-state index is -0.0622. The fourth-order valence-electron chi connectivity index (χ4n) is 2.01. The van der Waals surface area contributed by atoms with Gasteiger partial charge in [-0.05, 0) is 43.7 Å². The van der Waals surface area contributed by atoms with Crippen LogP contribution in [-0.4, -0.2) is 11.9 Å². The molecule has 4 heteroatoms. The van der Waals surface area contributed by atoms with Crippen molar-refractivity contribution in [3.05, 3.63) is 59.7 Å². The SMILES string of the molecule is CC(C)NC(=O)c1cccc(NCc2ccccc2N)c1. The smallest absolute Gasteiger partial charge is 0.251 e. The highest BCUT2D eigenvalue weighted by atomic mass is 16.1. The van der Waals surface area contributed by atoms with Gasteiger partial charge in [0.25, 0.3) is 5.91 Å². The van der Waals surface area contributed by atoms with Gasteiger partial charge in [-0.3, -0.25) is 4.79 Å². The maximum Gasteiger partial charge on any atom is 0.251 e. The van der Waals surface area contributed by atoms with E-state index in [0.29, 0.717) is 12.1 Å². The van der Waals surface area contributed by atoms with Gasteiger partial charge in [-0.1, -0.05) is 24.3 Å². The van der Waals surface area contributed by atoms with Crippen LogP contribution in [0, 0.1) is 0 Å². The second kappa shape index (κ2) is 6.79. The zero-order valence-corrected chi connectivity index (χ0v) is 12.4. The first-order chi connectivity index (χ1) is 10.1. The monoisotopic (exact) mass is 283 g/mol. The molecule has 0 saturated carbocycles. The van der Waals surface area contributed by atoms with Crippen molar-refractivity contribution < 1.29 is 4.79 Å². The van der Waals surface area contributed by atoms with Crippen LogP contribution in [0.4, 0.5) is 11.4 Å². The average molecular weight is 283 g/mol. The van der Waals surface area contributed by atoms with E-state index in [2.05, 4.69) is 10.6 Å². The maximum atomic E-state index is 12.0. The number of carbonyl (C=O) groups is 1. The van der Waals surface area contributed by atoms with Crippen LogP contribution in [0.1, 0.15) is 29.8 Å². The van der Waals surface area contributed by atoms with Crippen molar-refractivity contribution >= 4 is 17.3 Å². The number of nitrogen functional groups attached to an aromatic ring is 1.